The van der Waals surface area contributed by atoms with Gasteiger partial charge in [-0.25, -0.2) is 4.79 Å². The number of aliphatic hydroxyl groups is 1. The van der Waals surface area contributed by atoms with Crippen molar-refractivity contribution in [1.82, 2.24) is 5.32 Å². The average molecular weight is 323 g/mol. The number of benzene rings is 1. The van der Waals surface area contributed by atoms with E-state index in [0.29, 0.717) is 18.5 Å². The van der Waals surface area contributed by atoms with E-state index >= 15 is 0 Å². The predicted octanol–water partition coefficient (Wildman–Crippen LogP) is 3.22. The van der Waals surface area contributed by atoms with Crippen LogP contribution >= 0.6 is 11.6 Å². The summed E-state index contributed by atoms with van der Waals surface area (Å²) in [6, 6.07) is 3.35. The molecule has 0 aliphatic heterocycles. The Morgan fingerprint density at radius 2 is 2.19 bits per heavy atom. The van der Waals surface area contributed by atoms with E-state index in [0.717, 1.165) is 0 Å². The molecule has 0 aliphatic rings. The zero-order chi connectivity index (χ0) is 15.8. The fourth-order valence-corrected chi connectivity index (χ4v) is 1.88. The summed E-state index contributed by atoms with van der Waals surface area (Å²) in [5.74, 6) is -0.163. The Balaban J connectivity index is 2.62. The van der Waals surface area contributed by atoms with E-state index in [1.165, 1.54) is 18.2 Å². The Kier molecular flexibility index (Phi) is 7.18. The van der Waals surface area contributed by atoms with Gasteiger partial charge in [0.2, 0.25) is 0 Å². The first-order valence-corrected chi connectivity index (χ1v) is 6.76. The Bertz CT molecular complexity index is 475. The number of anilines is 1. The quantitative estimate of drug-likeness (QED) is 0.722. The maximum absolute atomic E-state index is 12.1. The van der Waals surface area contributed by atoms with Crippen molar-refractivity contribution in [3.05, 3.63) is 23.2 Å². The summed E-state index contributed by atoms with van der Waals surface area (Å²) in [4.78, 5) is 11.7. The molecule has 1 unspecified atom stereocenters. The molecule has 0 radical (unpaired) electrons. The van der Waals surface area contributed by atoms with Gasteiger partial charge in [-0.05, 0) is 31.0 Å². The second-order valence-corrected chi connectivity index (χ2v) is 4.65. The van der Waals surface area contributed by atoms with Gasteiger partial charge in [0.25, 0.3) is 0 Å². The number of nitrogens with one attached hydrogen (secondary N) is 2. The number of rotatable bonds is 7. The van der Waals surface area contributed by atoms with Crippen LogP contribution in [0, 0.1) is 0 Å². The lowest BCUT2D eigenvalue weighted by Crippen LogP contribution is -2.38. The van der Waals surface area contributed by atoms with Crippen LogP contribution in [-0.2, 0) is 0 Å². The molecule has 0 aliphatic carbocycles. The van der Waals surface area contributed by atoms with Gasteiger partial charge >= 0.3 is 12.6 Å². The lowest BCUT2D eigenvalue weighted by Gasteiger charge is -2.16. The van der Waals surface area contributed by atoms with Crippen LogP contribution in [0.3, 0.4) is 0 Å². The highest BCUT2D eigenvalue weighted by molar-refractivity contribution is 6.32. The highest BCUT2D eigenvalue weighted by Gasteiger charge is 2.12. The molecule has 21 heavy (non-hydrogen) atoms. The predicted molar refractivity (Wildman–Crippen MR) is 76.0 cm³/mol. The average Bonchev–Trinajstić information content (AvgIpc) is 2.41. The molecule has 5 nitrogen and oxygen atoms in total. The van der Waals surface area contributed by atoms with Crippen molar-refractivity contribution in [1.29, 1.82) is 0 Å². The van der Waals surface area contributed by atoms with Crippen LogP contribution in [0.4, 0.5) is 19.3 Å². The summed E-state index contributed by atoms with van der Waals surface area (Å²) in [6.07, 6.45) is 1.13. The second-order valence-electron chi connectivity index (χ2n) is 4.24. The first kappa shape index (κ1) is 17.5. The van der Waals surface area contributed by atoms with Crippen LogP contribution in [0.15, 0.2) is 18.2 Å². The van der Waals surface area contributed by atoms with Crippen molar-refractivity contribution in [3.63, 3.8) is 0 Å². The number of carbonyl (C=O) groups is 1. The Morgan fingerprint density at radius 1 is 1.48 bits per heavy atom. The number of alkyl halides is 2. The van der Waals surface area contributed by atoms with E-state index in [2.05, 4.69) is 15.4 Å². The number of carbonyl (C=O) groups excluding carboxylic acids is 1. The number of aliphatic hydroxyl groups excluding tert-OH is 1. The summed E-state index contributed by atoms with van der Waals surface area (Å²) in [6.45, 7) is -1.11. The van der Waals surface area contributed by atoms with E-state index in [1.807, 2.05) is 6.92 Å². The molecular weight excluding hydrogens is 306 g/mol. The standard InChI is InChI=1S/C13H17ClF2N2O3/c1-2-8(5-6-19)17-13(20)18-9-3-4-11(10(14)7-9)21-12(15)16/h3-4,7-8,12,19H,2,5-6H2,1H3,(H2,17,18,20). The Labute approximate surface area is 126 Å². The molecule has 2 amide bonds. The topological polar surface area (TPSA) is 70.6 Å². The normalized spacial score (nSPS) is 12.1. The molecule has 0 heterocycles. The van der Waals surface area contributed by atoms with Crippen molar-refractivity contribution in [2.24, 2.45) is 0 Å². The van der Waals surface area contributed by atoms with Crippen LogP contribution in [0.25, 0.3) is 0 Å². The largest absolute Gasteiger partial charge is 0.433 e. The third kappa shape index (κ3) is 6.14. The van der Waals surface area contributed by atoms with Crippen molar-refractivity contribution in [2.45, 2.75) is 32.4 Å². The summed E-state index contributed by atoms with van der Waals surface area (Å²) in [5.41, 5.74) is 0.345. The molecule has 0 spiro atoms. The fraction of sp³-hybridized carbons (Fsp3) is 0.462. The number of hydrogen-bond donors (Lipinski definition) is 3. The molecular formula is C13H17ClF2N2O3. The van der Waals surface area contributed by atoms with Crippen LogP contribution < -0.4 is 15.4 Å². The SMILES string of the molecule is CCC(CCO)NC(=O)Nc1ccc(OC(F)F)c(Cl)c1. The maximum Gasteiger partial charge on any atom is 0.387 e. The summed E-state index contributed by atoms with van der Waals surface area (Å²) in [7, 11) is 0. The van der Waals surface area contributed by atoms with Gasteiger partial charge in [0, 0.05) is 18.3 Å². The summed E-state index contributed by atoms with van der Waals surface area (Å²) >= 11 is 5.78. The van der Waals surface area contributed by atoms with Gasteiger partial charge in [-0.3, -0.25) is 0 Å². The molecule has 0 fully saturated rings. The lowest BCUT2D eigenvalue weighted by atomic mass is 10.2. The maximum atomic E-state index is 12.1. The van der Waals surface area contributed by atoms with E-state index < -0.39 is 12.6 Å². The fourth-order valence-electron chi connectivity index (χ4n) is 1.66. The van der Waals surface area contributed by atoms with Gasteiger partial charge in [0.1, 0.15) is 5.75 Å². The van der Waals surface area contributed by atoms with E-state index in [4.69, 9.17) is 16.7 Å². The minimum Gasteiger partial charge on any atom is -0.433 e. The highest BCUT2D eigenvalue weighted by atomic mass is 35.5. The number of urea groups is 1. The van der Waals surface area contributed by atoms with Gasteiger partial charge in [-0.2, -0.15) is 8.78 Å². The van der Waals surface area contributed by atoms with Gasteiger partial charge < -0.3 is 20.5 Å². The molecule has 8 heteroatoms. The first-order valence-electron chi connectivity index (χ1n) is 6.39. The van der Waals surface area contributed by atoms with Crippen LogP contribution in [-0.4, -0.2) is 30.4 Å². The van der Waals surface area contributed by atoms with Gasteiger partial charge in [-0.1, -0.05) is 18.5 Å². The molecule has 1 aromatic rings. The zero-order valence-electron chi connectivity index (χ0n) is 11.4. The number of hydrogen-bond acceptors (Lipinski definition) is 3. The number of ether oxygens (including phenoxy) is 1. The molecule has 0 saturated carbocycles. The van der Waals surface area contributed by atoms with Crippen molar-refractivity contribution in [3.8, 4) is 5.75 Å². The summed E-state index contributed by atoms with van der Waals surface area (Å²) < 4.78 is 28.4. The molecule has 1 aromatic carbocycles. The number of amides is 2. The van der Waals surface area contributed by atoms with Crippen LogP contribution in [0.5, 0.6) is 5.75 Å². The van der Waals surface area contributed by atoms with Crippen LogP contribution in [0.1, 0.15) is 19.8 Å². The molecule has 1 atom stereocenters. The van der Waals surface area contributed by atoms with Gasteiger partial charge in [0.15, 0.2) is 0 Å². The van der Waals surface area contributed by atoms with E-state index in [1.54, 1.807) is 0 Å². The van der Waals surface area contributed by atoms with Crippen molar-refractivity contribution in [2.75, 3.05) is 11.9 Å². The Hall–Kier alpha value is -1.60. The molecule has 118 valence electrons. The first-order chi connectivity index (χ1) is 9.96. The minimum atomic E-state index is -2.96. The third-order valence-electron chi connectivity index (χ3n) is 2.71. The van der Waals surface area contributed by atoms with E-state index in [9.17, 15) is 13.6 Å². The third-order valence-corrected chi connectivity index (χ3v) is 3.01. The van der Waals surface area contributed by atoms with Crippen molar-refractivity contribution < 1.29 is 23.4 Å². The smallest absolute Gasteiger partial charge is 0.387 e. The zero-order valence-corrected chi connectivity index (χ0v) is 12.2. The van der Waals surface area contributed by atoms with Gasteiger partial charge in [-0.15, -0.1) is 0 Å². The monoisotopic (exact) mass is 322 g/mol. The van der Waals surface area contributed by atoms with Crippen molar-refractivity contribution >= 4 is 23.3 Å². The number of halogens is 3. The van der Waals surface area contributed by atoms with E-state index in [-0.39, 0.29) is 23.4 Å². The molecule has 1 rings (SSSR count). The van der Waals surface area contributed by atoms with Crippen LogP contribution in [0.2, 0.25) is 5.02 Å². The highest BCUT2D eigenvalue weighted by Crippen LogP contribution is 2.28. The molecule has 3 N–H and O–H groups in total. The summed E-state index contributed by atoms with van der Waals surface area (Å²) in [5, 5.41) is 14.0. The minimum absolute atomic E-state index is 0.0235. The Morgan fingerprint density at radius 3 is 2.71 bits per heavy atom. The lowest BCUT2D eigenvalue weighted by molar-refractivity contribution is -0.0497. The van der Waals surface area contributed by atoms with Gasteiger partial charge in [0.05, 0.1) is 5.02 Å². The molecule has 0 bridgehead atoms. The molecule has 0 aromatic heterocycles. The second kappa shape index (κ2) is 8.63. The molecule has 0 saturated heterocycles.